The van der Waals surface area contributed by atoms with Gasteiger partial charge in [0.05, 0.1) is 23.3 Å². The molecule has 0 aliphatic heterocycles. The molecule has 3 rings (SSSR count). The maximum absolute atomic E-state index is 12.5. The zero-order valence-electron chi connectivity index (χ0n) is 14.1. The van der Waals surface area contributed by atoms with E-state index in [1.54, 1.807) is 38.1 Å². The quantitative estimate of drug-likeness (QED) is 0.788. The lowest BCUT2D eigenvalue weighted by Crippen LogP contribution is -2.31. The van der Waals surface area contributed by atoms with Crippen molar-refractivity contribution in [2.24, 2.45) is 0 Å². The molecule has 25 heavy (non-hydrogen) atoms. The molecule has 0 spiro atoms. The number of aromatic amines is 1. The summed E-state index contributed by atoms with van der Waals surface area (Å²) in [6.45, 7) is 3.25. The first-order chi connectivity index (χ1) is 11.6. The Morgan fingerprint density at radius 2 is 1.72 bits per heavy atom. The highest BCUT2D eigenvalue weighted by Crippen LogP contribution is 2.34. The van der Waals surface area contributed by atoms with Gasteiger partial charge in [-0.2, -0.15) is 5.10 Å². The van der Waals surface area contributed by atoms with Crippen molar-refractivity contribution >= 4 is 31.4 Å². The highest BCUT2D eigenvalue weighted by Gasteiger charge is 2.35. The number of aromatic nitrogens is 2. The van der Waals surface area contributed by atoms with Crippen molar-refractivity contribution in [2.75, 3.05) is 15.3 Å². The highest BCUT2D eigenvalue weighted by atomic mass is 32.2. The lowest BCUT2D eigenvalue weighted by atomic mass is 10.3. The number of rotatable bonds is 6. The molecule has 1 aromatic carbocycles. The van der Waals surface area contributed by atoms with Crippen LogP contribution in [0.1, 0.15) is 24.2 Å². The zero-order valence-corrected chi connectivity index (χ0v) is 15.8. The van der Waals surface area contributed by atoms with Crippen molar-refractivity contribution in [3.8, 4) is 0 Å². The van der Waals surface area contributed by atoms with Crippen molar-refractivity contribution in [1.29, 1.82) is 0 Å². The Kier molecular flexibility index (Phi) is 4.28. The van der Waals surface area contributed by atoms with Crippen LogP contribution < -0.4 is 9.03 Å². The van der Waals surface area contributed by atoms with E-state index in [4.69, 9.17) is 0 Å². The summed E-state index contributed by atoms with van der Waals surface area (Å²) in [7, 11) is -7.14. The van der Waals surface area contributed by atoms with Crippen LogP contribution in [0.5, 0.6) is 0 Å². The summed E-state index contributed by atoms with van der Waals surface area (Å²) in [4.78, 5) is 0.118. The first-order valence-corrected chi connectivity index (χ1v) is 11.1. The molecule has 1 aromatic heterocycles. The Morgan fingerprint density at radius 1 is 1.12 bits per heavy atom. The predicted octanol–water partition coefficient (Wildman–Crippen LogP) is 1.76. The van der Waals surface area contributed by atoms with Crippen molar-refractivity contribution < 1.29 is 16.8 Å². The average molecular weight is 384 g/mol. The van der Waals surface area contributed by atoms with Crippen molar-refractivity contribution in [3.63, 3.8) is 0 Å². The monoisotopic (exact) mass is 384 g/mol. The summed E-state index contributed by atoms with van der Waals surface area (Å²) in [6, 6.07) is 6.31. The maximum atomic E-state index is 12.5. The van der Waals surface area contributed by atoms with Gasteiger partial charge in [0.25, 0.3) is 10.0 Å². The van der Waals surface area contributed by atoms with Crippen LogP contribution in [0.2, 0.25) is 0 Å². The van der Waals surface area contributed by atoms with E-state index in [9.17, 15) is 16.8 Å². The van der Waals surface area contributed by atoms with E-state index in [0.717, 1.165) is 12.8 Å². The van der Waals surface area contributed by atoms with Crippen LogP contribution in [0, 0.1) is 13.8 Å². The number of benzene rings is 1. The molecule has 0 saturated heterocycles. The molecule has 1 heterocycles. The summed E-state index contributed by atoms with van der Waals surface area (Å²) >= 11 is 0. The number of hydrogen-bond acceptors (Lipinski definition) is 5. The lowest BCUT2D eigenvalue weighted by Gasteiger charge is -2.22. The Morgan fingerprint density at radius 3 is 2.16 bits per heavy atom. The van der Waals surface area contributed by atoms with Gasteiger partial charge in [0, 0.05) is 11.7 Å². The Hall–Kier alpha value is -2.07. The number of nitrogens with zero attached hydrogens (tertiary/aromatic N) is 2. The molecule has 2 N–H and O–H groups in total. The number of anilines is 2. The topological polar surface area (TPSA) is 112 Å². The van der Waals surface area contributed by atoms with Crippen LogP contribution in [-0.4, -0.2) is 39.3 Å². The molecule has 0 bridgehead atoms. The van der Waals surface area contributed by atoms with Crippen LogP contribution in [0.25, 0.3) is 0 Å². The summed E-state index contributed by atoms with van der Waals surface area (Å²) in [6.07, 6.45) is 2.84. The largest absolute Gasteiger partial charge is 0.281 e. The fraction of sp³-hybridized carbons (Fsp3) is 0.400. The fourth-order valence-corrected chi connectivity index (χ4v) is 5.49. The van der Waals surface area contributed by atoms with E-state index in [-0.39, 0.29) is 10.9 Å². The minimum atomic E-state index is -3.77. The van der Waals surface area contributed by atoms with Gasteiger partial charge in [0.2, 0.25) is 10.0 Å². The predicted molar refractivity (Wildman–Crippen MR) is 95.7 cm³/mol. The molecular formula is C15H20N4O4S2. The molecule has 1 saturated carbocycles. The van der Waals surface area contributed by atoms with Gasteiger partial charge >= 0.3 is 0 Å². The second-order valence-electron chi connectivity index (χ2n) is 6.21. The molecule has 1 aliphatic carbocycles. The minimum absolute atomic E-state index is 0.00577. The van der Waals surface area contributed by atoms with Gasteiger partial charge in [-0.25, -0.2) is 16.8 Å². The molecule has 0 unspecified atom stereocenters. The molecule has 2 aromatic rings. The molecule has 10 heteroatoms. The third-order valence-corrected chi connectivity index (χ3v) is 6.81. The van der Waals surface area contributed by atoms with Crippen molar-refractivity contribution in [2.45, 2.75) is 37.6 Å². The smallest absolute Gasteiger partial charge is 0.265 e. The first-order valence-electron chi connectivity index (χ1n) is 7.73. The van der Waals surface area contributed by atoms with E-state index in [2.05, 4.69) is 14.9 Å². The Bertz CT molecular complexity index is 971. The molecular weight excluding hydrogens is 364 g/mol. The molecule has 8 nitrogen and oxygen atoms in total. The van der Waals surface area contributed by atoms with Gasteiger partial charge in [-0.05, 0) is 51.0 Å². The zero-order chi connectivity index (χ0) is 18.4. The summed E-state index contributed by atoms with van der Waals surface area (Å²) < 4.78 is 52.9. The van der Waals surface area contributed by atoms with Gasteiger partial charge in [0.15, 0.2) is 0 Å². The minimum Gasteiger partial charge on any atom is -0.281 e. The maximum Gasteiger partial charge on any atom is 0.265 e. The second-order valence-corrected chi connectivity index (χ2v) is 9.68. The number of H-pyrrole nitrogens is 1. The third kappa shape index (κ3) is 3.64. The Labute approximate surface area is 147 Å². The second kappa shape index (κ2) is 6.03. The number of aryl methyl sites for hydroxylation is 2. The standard InChI is InChI=1S/C15H20N4O4S2/c1-10-15(11(2)17-16-10)25(22,23)18-12-4-6-13(7-5-12)19(14-8-9-14)24(3,20)21/h4-7,14,18H,8-9H2,1-3H3,(H,16,17). The molecule has 136 valence electrons. The molecule has 1 fully saturated rings. The van der Waals surface area contributed by atoms with Crippen LogP contribution in [0.4, 0.5) is 11.4 Å². The van der Waals surface area contributed by atoms with Crippen LogP contribution >= 0.6 is 0 Å². The summed E-state index contributed by atoms with van der Waals surface area (Å²) in [5.41, 5.74) is 1.73. The lowest BCUT2D eigenvalue weighted by molar-refractivity contribution is 0.595. The summed E-state index contributed by atoms with van der Waals surface area (Å²) in [5.74, 6) is 0. The van der Waals surface area contributed by atoms with Gasteiger partial charge < -0.3 is 0 Å². The highest BCUT2D eigenvalue weighted by molar-refractivity contribution is 7.93. The van der Waals surface area contributed by atoms with E-state index < -0.39 is 20.0 Å². The first kappa shape index (κ1) is 17.7. The van der Waals surface area contributed by atoms with Crippen molar-refractivity contribution in [3.05, 3.63) is 35.7 Å². The van der Waals surface area contributed by atoms with Gasteiger partial charge in [-0.1, -0.05) is 0 Å². The molecule has 1 aliphatic rings. The van der Waals surface area contributed by atoms with Crippen molar-refractivity contribution in [1.82, 2.24) is 10.2 Å². The van der Waals surface area contributed by atoms with E-state index >= 15 is 0 Å². The van der Waals surface area contributed by atoms with E-state index in [1.807, 2.05) is 0 Å². The molecule has 0 amide bonds. The molecule has 0 atom stereocenters. The average Bonchev–Trinajstić information content (AvgIpc) is 3.24. The van der Waals surface area contributed by atoms with E-state index in [0.29, 0.717) is 22.8 Å². The van der Waals surface area contributed by atoms with Crippen LogP contribution in [0.3, 0.4) is 0 Å². The van der Waals surface area contributed by atoms with Gasteiger partial charge in [0.1, 0.15) is 4.90 Å². The normalized spacial score (nSPS) is 15.2. The third-order valence-electron chi connectivity index (χ3n) is 3.94. The van der Waals surface area contributed by atoms with Crippen LogP contribution in [-0.2, 0) is 20.0 Å². The molecule has 0 radical (unpaired) electrons. The Balaban J connectivity index is 1.86. The SMILES string of the molecule is Cc1n[nH]c(C)c1S(=O)(=O)Nc1ccc(N(C2CC2)S(C)(=O)=O)cc1. The van der Waals surface area contributed by atoms with Gasteiger partial charge in [-0.3, -0.25) is 14.1 Å². The van der Waals surface area contributed by atoms with Gasteiger partial charge in [-0.15, -0.1) is 0 Å². The fourth-order valence-electron chi connectivity index (χ4n) is 2.80. The number of hydrogen-bond donors (Lipinski definition) is 2. The van der Waals surface area contributed by atoms with E-state index in [1.165, 1.54) is 10.6 Å². The number of sulfonamides is 2. The number of nitrogens with one attached hydrogen (secondary N) is 2. The summed E-state index contributed by atoms with van der Waals surface area (Å²) in [5, 5.41) is 6.54. The van der Waals surface area contributed by atoms with Crippen LogP contribution in [0.15, 0.2) is 29.2 Å².